The van der Waals surface area contributed by atoms with Crippen molar-refractivity contribution in [3.8, 4) is 0 Å². The maximum atomic E-state index is 12.1. The summed E-state index contributed by atoms with van der Waals surface area (Å²) in [7, 11) is 2.24. The predicted octanol–water partition coefficient (Wildman–Crippen LogP) is 4.71. The van der Waals surface area contributed by atoms with Gasteiger partial charge < -0.3 is 10.0 Å². The van der Waals surface area contributed by atoms with Gasteiger partial charge in [-0.15, -0.1) is 0 Å². The van der Waals surface area contributed by atoms with Crippen molar-refractivity contribution < 1.29 is 5.11 Å². The number of hydrogen-bond donors (Lipinski definition) is 1. The van der Waals surface area contributed by atoms with Gasteiger partial charge in [-0.05, 0) is 88.3 Å². The molecule has 2 nitrogen and oxygen atoms in total. The van der Waals surface area contributed by atoms with Crippen LogP contribution in [0.25, 0.3) is 0 Å². The van der Waals surface area contributed by atoms with Crippen molar-refractivity contribution >= 4 is 0 Å². The molecule has 2 saturated carbocycles. The van der Waals surface area contributed by atoms with E-state index in [0.29, 0.717) is 17.8 Å². The molecule has 0 bridgehead atoms. The van der Waals surface area contributed by atoms with Gasteiger partial charge in [-0.1, -0.05) is 39.5 Å². The summed E-state index contributed by atoms with van der Waals surface area (Å²) < 4.78 is 0. The molecule has 0 atom stereocenters. The minimum atomic E-state index is -0.360. The van der Waals surface area contributed by atoms with Gasteiger partial charge in [0.15, 0.2) is 0 Å². The summed E-state index contributed by atoms with van der Waals surface area (Å²) in [5.74, 6) is 3.45. The molecule has 1 N–H and O–H groups in total. The summed E-state index contributed by atoms with van der Waals surface area (Å²) in [6, 6.07) is 0. The Morgan fingerprint density at radius 1 is 0.652 bits per heavy atom. The van der Waals surface area contributed by atoms with Crippen LogP contribution in [0.5, 0.6) is 0 Å². The van der Waals surface area contributed by atoms with Gasteiger partial charge >= 0.3 is 0 Å². The predicted molar refractivity (Wildman–Crippen MR) is 97.4 cm³/mol. The Labute approximate surface area is 144 Å². The second kappa shape index (κ2) is 7.44. The monoisotopic (exact) mass is 321 g/mol. The second-order valence-corrected chi connectivity index (χ2v) is 9.38. The number of aliphatic hydroxyl groups is 1. The van der Waals surface area contributed by atoms with E-state index in [1.54, 1.807) is 0 Å². The van der Waals surface area contributed by atoms with Gasteiger partial charge in [-0.2, -0.15) is 0 Å². The van der Waals surface area contributed by atoms with Crippen LogP contribution in [0.4, 0.5) is 0 Å². The van der Waals surface area contributed by atoms with E-state index in [1.165, 1.54) is 77.3 Å². The SMILES string of the molecule is CC1CCC(C(O)(C2CCC(C)CC2)C2CCN(C)CC2)CC1. The molecule has 0 amide bonds. The average Bonchev–Trinajstić information content (AvgIpc) is 2.56. The topological polar surface area (TPSA) is 23.5 Å². The van der Waals surface area contributed by atoms with Crippen LogP contribution < -0.4 is 0 Å². The Balaban J connectivity index is 1.77. The molecule has 0 spiro atoms. The van der Waals surface area contributed by atoms with Crippen molar-refractivity contribution in [3.05, 3.63) is 0 Å². The Kier molecular flexibility index (Phi) is 5.73. The van der Waals surface area contributed by atoms with Gasteiger partial charge in [0.25, 0.3) is 0 Å². The van der Waals surface area contributed by atoms with Crippen molar-refractivity contribution in [2.75, 3.05) is 20.1 Å². The molecule has 0 unspecified atom stereocenters. The zero-order chi connectivity index (χ0) is 16.4. The van der Waals surface area contributed by atoms with Crippen LogP contribution >= 0.6 is 0 Å². The number of piperidine rings is 1. The van der Waals surface area contributed by atoms with Crippen LogP contribution in [0.15, 0.2) is 0 Å². The average molecular weight is 322 g/mol. The maximum Gasteiger partial charge on any atom is 0.0732 e. The largest absolute Gasteiger partial charge is 0.389 e. The Morgan fingerprint density at radius 3 is 1.39 bits per heavy atom. The summed E-state index contributed by atoms with van der Waals surface area (Å²) >= 11 is 0. The second-order valence-electron chi connectivity index (χ2n) is 9.38. The van der Waals surface area contributed by atoms with E-state index >= 15 is 0 Å². The van der Waals surface area contributed by atoms with Gasteiger partial charge in [0.05, 0.1) is 5.60 Å². The van der Waals surface area contributed by atoms with Crippen molar-refractivity contribution in [3.63, 3.8) is 0 Å². The smallest absolute Gasteiger partial charge is 0.0732 e. The molecule has 3 rings (SSSR count). The molecule has 1 aliphatic heterocycles. The minimum Gasteiger partial charge on any atom is -0.389 e. The van der Waals surface area contributed by atoms with Crippen LogP contribution in [-0.4, -0.2) is 35.7 Å². The van der Waals surface area contributed by atoms with Gasteiger partial charge in [-0.25, -0.2) is 0 Å². The molecule has 0 aromatic carbocycles. The molecule has 0 radical (unpaired) electrons. The van der Waals surface area contributed by atoms with E-state index < -0.39 is 0 Å². The number of nitrogens with zero attached hydrogens (tertiary/aromatic N) is 1. The molecule has 1 heterocycles. The third-order valence-electron chi connectivity index (χ3n) is 7.71. The molecule has 0 aromatic rings. The summed E-state index contributed by atoms with van der Waals surface area (Å²) in [5.41, 5.74) is -0.360. The highest BCUT2D eigenvalue weighted by Gasteiger charge is 2.50. The minimum absolute atomic E-state index is 0.360. The molecule has 134 valence electrons. The van der Waals surface area contributed by atoms with E-state index in [9.17, 15) is 5.11 Å². The van der Waals surface area contributed by atoms with E-state index in [-0.39, 0.29) is 5.60 Å². The highest BCUT2D eigenvalue weighted by molar-refractivity contribution is 5.01. The highest BCUT2D eigenvalue weighted by atomic mass is 16.3. The summed E-state index contributed by atoms with van der Waals surface area (Å²) in [6.07, 6.45) is 12.9. The standard InChI is InChI=1S/C21H39NO/c1-16-4-8-18(9-5-16)21(23,19-10-6-17(2)7-11-19)20-12-14-22(3)15-13-20/h16-20,23H,4-15H2,1-3H3. The quantitative estimate of drug-likeness (QED) is 0.813. The summed E-state index contributed by atoms with van der Waals surface area (Å²) in [6.45, 7) is 7.15. The van der Waals surface area contributed by atoms with E-state index in [0.717, 1.165) is 11.8 Å². The fourth-order valence-corrected chi connectivity index (χ4v) is 5.92. The molecule has 1 saturated heterocycles. The lowest BCUT2D eigenvalue weighted by molar-refractivity contribution is -0.148. The lowest BCUT2D eigenvalue weighted by Crippen LogP contribution is -2.55. The number of likely N-dealkylation sites (tertiary alicyclic amines) is 1. The van der Waals surface area contributed by atoms with Gasteiger partial charge in [-0.3, -0.25) is 0 Å². The first kappa shape index (κ1) is 17.7. The normalized spacial score (nSPS) is 40.7. The highest BCUT2D eigenvalue weighted by Crippen LogP contribution is 2.50. The summed E-state index contributed by atoms with van der Waals surface area (Å²) in [4.78, 5) is 2.45. The third kappa shape index (κ3) is 3.79. The number of hydrogen-bond acceptors (Lipinski definition) is 2. The molecule has 2 aliphatic carbocycles. The zero-order valence-electron chi connectivity index (χ0n) is 15.8. The van der Waals surface area contributed by atoms with Crippen molar-refractivity contribution in [2.24, 2.45) is 29.6 Å². The van der Waals surface area contributed by atoms with Gasteiger partial charge in [0, 0.05) is 0 Å². The van der Waals surface area contributed by atoms with E-state index in [1.807, 2.05) is 0 Å². The molecular formula is C21H39NO. The van der Waals surface area contributed by atoms with Crippen LogP contribution in [0.1, 0.15) is 78.1 Å². The summed E-state index contributed by atoms with van der Waals surface area (Å²) in [5, 5.41) is 12.1. The lowest BCUT2D eigenvalue weighted by Gasteiger charge is -2.52. The van der Waals surface area contributed by atoms with Crippen molar-refractivity contribution in [1.29, 1.82) is 0 Å². The first-order chi connectivity index (χ1) is 11.0. The Morgan fingerprint density at radius 2 is 1.00 bits per heavy atom. The molecule has 3 aliphatic rings. The van der Waals surface area contributed by atoms with Crippen LogP contribution in [0, 0.1) is 29.6 Å². The first-order valence-electron chi connectivity index (χ1n) is 10.4. The van der Waals surface area contributed by atoms with E-state index in [2.05, 4.69) is 25.8 Å². The lowest BCUT2D eigenvalue weighted by atomic mass is 9.58. The molecule has 3 fully saturated rings. The van der Waals surface area contributed by atoms with Crippen LogP contribution in [0.2, 0.25) is 0 Å². The van der Waals surface area contributed by atoms with Gasteiger partial charge in [0.1, 0.15) is 0 Å². The molecule has 0 aromatic heterocycles. The first-order valence-corrected chi connectivity index (χ1v) is 10.4. The van der Waals surface area contributed by atoms with Crippen LogP contribution in [-0.2, 0) is 0 Å². The van der Waals surface area contributed by atoms with Crippen molar-refractivity contribution in [1.82, 2.24) is 4.90 Å². The molecular weight excluding hydrogens is 282 g/mol. The number of rotatable bonds is 3. The van der Waals surface area contributed by atoms with Gasteiger partial charge in [0.2, 0.25) is 0 Å². The Hall–Kier alpha value is -0.0800. The third-order valence-corrected chi connectivity index (χ3v) is 7.71. The molecule has 23 heavy (non-hydrogen) atoms. The zero-order valence-corrected chi connectivity index (χ0v) is 15.8. The van der Waals surface area contributed by atoms with Crippen molar-refractivity contribution in [2.45, 2.75) is 83.7 Å². The fraction of sp³-hybridized carbons (Fsp3) is 1.00. The fourth-order valence-electron chi connectivity index (χ4n) is 5.92. The van der Waals surface area contributed by atoms with E-state index in [4.69, 9.17) is 0 Å². The molecule has 2 heteroatoms. The Bertz CT molecular complexity index is 303. The van der Waals surface area contributed by atoms with Crippen LogP contribution in [0.3, 0.4) is 0 Å². The maximum absolute atomic E-state index is 12.1.